The fraction of sp³-hybridized carbons (Fsp3) is 0.0556. The second-order valence-electron chi connectivity index (χ2n) is 5.42. The number of hydrogen-bond acceptors (Lipinski definition) is 7. The van der Waals surface area contributed by atoms with E-state index >= 15 is 0 Å². The zero-order chi connectivity index (χ0) is 19.9. The van der Waals surface area contributed by atoms with Gasteiger partial charge in [0, 0.05) is 12.1 Å². The van der Waals surface area contributed by atoms with E-state index in [0.29, 0.717) is 5.56 Å². The molecule has 142 valence electrons. The molecule has 0 radical (unpaired) electrons. The molecule has 10 heteroatoms. The molecule has 0 fully saturated rings. The number of fused-ring (bicyclic) bond motifs is 1. The summed E-state index contributed by atoms with van der Waals surface area (Å²) in [6.07, 6.45) is 2.43. The largest absolute Gasteiger partial charge is 0.276 e. The third-order valence-corrected chi connectivity index (χ3v) is 5.65. The number of nitro benzene ring substituents is 1. The predicted molar refractivity (Wildman–Crippen MR) is 109 cm³/mol. The number of hydrogen-bond donors (Lipinski definition) is 2. The molecule has 0 saturated carbocycles. The number of benzene rings is 2. The number of rotatable bonds is 6. The number of thioether (sulfide) groups is 1. The fourth-order valence-corrected chi connectivity index (χ4v) is 4.08. The van der Waals surface area contributed by atoms with Gasteiger partial charge in [0.05, 0.1) is 26.5 Å². The molecule has 3 rings (SSSR count). The second-order valence-corrected chi connectivity index (χ2v) is 7.68. The molecular weight excluding hydrogens is 400 g/mol. The molecule has 28 heavy (non-hydrogen) atoms. The van der Waals surface area contributed by atoms with Gasteiger partial charge in [-0.15, -0.1) is 11.3 Å². The van der Waals surface area contributed by atoms with E-state index in [0.717, 1.165) is 20.6 Å². The molecular formula is C18H14N4O4S2. The standard InChI is InChI=1S/C18H14N4O4S2/c23-16(10-9-12-5-1-3-7-14(12)22(25)26)20-21-17(24)11-27-18-19-13-6-2-4-8-15(13)28-18/h1-10H,11H2,(H,20,23)(H,21,24). The Hall–Kier alpha value is -3.24. The molecule has 8 nitrogen and oxygen atoms in total. The Bertz CT molecular complexity index is 1030. The van der Waals surface area contributed by atoms with E-state index in [-0.39, 0.29) is 11.4 Å². The molecule has 0 aliphatic carbocycles. The number of nitrogens with zero attached hydrogens (tertiary/aromatic N) is 2. The number of aromatic nitrogens is 1. The van der Waals surface area contributed by atoms with Gasteiger partial charge < -0.3 is 0 Å². The van der Waals surface area contributed by atoms with Crippen molar-refractivity contribution in [2.75, 3.05) is 5.75 Å². The number of carbonyl (C=O) groups is 2. The monoisotopic (exact) mass is 414 g/mol. The van der Waals surface area contributed by atoms with Crippen LogP contribution in [0, 0.1) is 10.1 Å². The van der Waals surface area contributed by atoms with Crippen LogP contribution in [0.4, 0.5) is 5.69 Å². The van der Waals surface area contributed by atoms with Crippen molar-refractivity contribution in [1.29, 1.82) is 0 Å². The summed E-state index contributed by atoms with van der Waals surface area (Å²) in [6, 6.07) is 13.7. The van der Waals surface area contributed by atoms with Crippen molar-refractivity contribution in [2.45, 2.75) is 4.34 Å². The number of nitrogens with one attached hydrogen (secondary N) is 2. The summed E-state index contributed by atoms with van der Waals surface area (Å²) in [5, 5.41) is 10.9. The number of thiazole rings is 1. The highest BCUT2D eigenvalue weighted by atomic mass is 32.2. The van der Waals surface area contributed by atoms with Gasteiger partial charge in [0.25, 0.3) is 11.6 Å². The number of amides is 2. The van der Waals surface area contributed by atoms with Crippen LogP contribution in [0.3, 0.4) is 0 Å². The topological polar surface area (TPSA) is 114 Å². The van der Waals surface area contributed by atoms with E-state index in [1.165, 1.54) is 41.3 Å². The highest BCUT2D eigenvalue weighted by molar-refractivity contribution is 8.01. The average Bonchev–Trinajstić information content (AvgIpc) is 3.12. The predicted octanol–water partition coefficient (Wildman–Crippen LogP) is 3.16. The van der Waals surface area contributed by atoms with Crippen LogP contribution in [-0.4, -0.2) is 27.5 Å². The lowest BCUT2D eigenvalue weighted by Gasteiger charge is -2.04. The van der Waals surface area contributed by atoms with Gasteiger partial charge in [0.15, 0.2) is 4.34 Å². The quantitative estimate of drug-likeness (QED) is 0.277. The van der Waals surface area contributed by atoms with Gasteiger partial charge >= 0.3 is 0 Å². The van der Waals surface area contributed by atoms with Crippen LogP contribution in [-0.2, 0) is 9.59 Å². The van der Waals surface area contributed by atoms with Crippen LogP contribution in [0.1, 0.15) is 5.56 Å². The Kier molecular flexibility index (Phi) is 6.35. The Morgan fingerprint density at radius 3 is 2.68 bits per heavy atom. The van der Waals surface area contributed by atoms with Gasteiger partial charge in [-0.05, 0) is 24.3 Å². The average molecular weight is 414 g/mol. The zero-order valence-electron chi connectivity index (χ0n) is 14.3. The maximum absolute atomic E-state index is 11.9. The third kappa shape index (κ3) is 5.15. The summed E-state index contributed by atoms with van der Waals surface area (Å²) >= 11 is 2.76. The normalized spacial score (nSPS) is 10.9. The molecule has 1 aromatic heterocycles. The molecule has 0 bridgehead atoms. The van der Waals surface area contributed by atoms with Crippen LogP contribution < -0.4 is 10.9 Å². The minimum absolute atomic E-state index is 0.0912. The first-order valence-corrected chi connectivity index (χ1v) is 9.82. The van der Waals surface area contributed by atoms with Crippen molar-refractivity contribution >= 4 is 56.9 Å². The van der Waals surface area contributed by atoms with E-state index in [1.807, 2.05) is 24.3 Å². The van der Waals surface area contributed by atoms with Crippen molar-refractivity contribution in [2.24, 2.45) is 0 Å². The molecule has 2 N–H and O–H groups in total. The van der Waals surface area contributed by atoms with Gasteiger partial charge in [-0.2, -0.15) is 0 Å². The first kappa shape index (κ1) is 19.5. The Morgan fingerprint density at radius 1 is 1.14 bits per heavy atom. The van der Waals surface area contributed by atoms with E-state index in [9.17, 15) is 19.7 Å². The number of nitro groups is 1. The lowest BCUT2D eigenvalue weighted by atomic mass is 10.1. The summed E-state index contributed by atoms with van der Waals surface area (Å²) in [5.41, 5.74) is 5.59. The molecule has 2 amide bonds. The van der Waals surface area contributed by atoms with Crippen LogP contribution in [0.5, 0.6) is 0 Å². The van der Waals surface area contributed by atoms with Crippen LogP contribution in [0.2, 0.25) is 0 Å². The molecule has 0 spiro atoms. The van der Waals surface area contributed by atoms with E-state index in [4.69, 9.17) is 0 Å². The smallest absolute Gasteiger partial charge is 0.272 e. The SMILES string of the molecule is O=C(C=Cc1ccccc1[N+](=O)[O-])NNC(=O)CSc1nc2ccccc2s1. The number of para-hydroxylation sites is 2. The van der Waals surface area contributed by atoms with Gasteiger partial charge in [-0.25, -0.2) is 4.98 Å². The fourth-order valence-electron chi connectivity index (χ4n) is 2.21. The van der Waals surface area contributed by atoms with Gasteiger partial charge in [-0.1, -0.05) is 36.0 Å². The number of carbonyl (C=O) groups excluding carboxylic acids is 2. The van der Waals surface area contributed by atoms with Crippen molar-refractivity contribution in [1.82, 2.24) is 15.8 Å². The Balaban J connectivity index is 1.47. The summed E-state index contributed by atoms with van der Waals surface area (Å²) < 4.78 is 1.80. The maximum atomic E-state index is 11.9. The third-order valence-electron chi connectivity index (χ3n) is 3.47. The van der Waals surface area contributed by atoms with Gasteiger partial charge in [-0.3, -0.25) is 30.6 Å². The van der Waals surface area contributed by atoms with E-state index < -0.39 is 16.7 Å². The molecule has 1 heterocycles. The summed E-state index contributed by atoms with van der Waals surface area (Å²) in [4.78, 5) is 38.5. The van der Waals surface area contributed by atoms with Crippen molar-refractivity contribution in [3.05, 3.63) is 70.3 Å². The molecule has 0 aliphatic heterocycles. The number of hydrazine groups is 1. The van der Waals surface area contributed by atoms with E-state index in [1.54, 1.807) is 12.1 Å². The van der Waals surface area contributed by atoms with Crippen LogP contribution in [0.15, 0.2) is 58.9 Å². The Morgan fingerprint density at radius 2 is 1.89 bits per heavy atom. The summed E-state index contributed by atoms with van der Waals surface area (Å²) in [7, 11) is 0. The first-order valence-electron chi connectivity index (χ1n) is 8.01. The van der Waals surface area contributed by atoms with Gasteiger partial charge in [0.2, 0.25) is 5.91 Å². The minimum Gasteiger partial charge on any atom is -0.272 e. The highest BCUT2D eigenvalue weighted by Crippen LogP contribution is 2.28. The van der Waals surface area contributed by atoms with Crippen LogP contribution >= 0.6 is 23.1 Å². The second kappa shape index (κ2) is 9.11. The zero-order valence-corrected chi connectivity index (χ0v) is 16.0. The first-order chi connectivity index (χ1) is 13.5. The molecule has 3 aromatic rings. The summed E-state index contributed by atoms with van der Waals surface area (Å²) in [6.45, 7) is 0. The lowest BCUT2D eigenvalue weighted by molar-refractivity contribution is -0.385. The lowest BCUT2D eigenvalue weighted by Crippen LogP contribution is -2.41. The van der Waals surface area contributed by atoms with E-state index in [2.05, 4.69) is 15.8 Å². The summed E-state index contributed by atoms with van der Waals surface area (Å²) in [5.74, 6) is -0.901. The molecule has 0 unspecified atom stereocenters. The highest BCUT2D eigenvalue weighted by Gasteiger charge is 2.10. The van der Waals surface area contributed by atoms with Gasteiger partial charge in [0.1, 0.15) is 0 Å². The molecule has 0 atom stereocenters. The minimum atomic E-state index is -0.600. The maximum Gasteiger partial charge on any atom is 0.276 e. The van der Waals surface area contributed by atoms with Crippen molar-refractivity contribution < 1.29 is 14.5 Å². The van der Waals surface area contributed by atoms with Crippen LogP contribution in [0.25, 0.3) is 16.3 Å². The molecule has 0 aliphatic rings. The molecule has 2 aromatic carbocycles. The van der Waals surface area contributed by atoms with Crippen molar-refractivity contribution in [3.63, 3.8) is 0 Å². The van der Waals surface area contributed by atoms with Crippen molar-refractivity contribution in [3.8, 4) is 0 Å². The Labute approximate surface area is 167 Å². The molecule has 0 saturated heterocycles.